The normalized spacial score (nSPS) is 21.6. The van der Waals surface area contributed by atoms with E-state index in [2.05, 4.69) is 23.4 Å². The van der Waals surface area contributed by atoms with Gasteiger partial charge in [-0.15, -0.1) is 3.89 Å². The maximum absolute atomic E-state index is 12.7. The van der Waals surface area contributed by atoms with Crippen LogP contribution in [0.3, 0.4) is 0 Å². The van der Waals surface area contributed by atoms with Crippen molar-refractivity contribution in [2.75, 3.05) is 6.61 Å². The Kier molecular flexibility index (Phi) is 8.38. The number of nitrogens with zero attached hydrogens (tertiary/aromatic N) is 3. The van der Waals surface area contributed by atoms with Crippen molar-refractivity contribution in [2.24, 2.45) is 4.99 Å². The van der Waals surface area contributed by atoms with Crippen molar-refractivity contribution in [3.63, 3.8) is 0 Å². The number of aliphatic hydroxyl groups excluding tert-OH is 1. The average Bonchev–Trinajstić information content (AvgIpc) is 2.94. The zero-order valence-electron chi connectivity index (χ0n) is 13.2. The third kappa shape index (κ3) is 5.03. The van der Waals surface area contributed by atoms with Crippen LogP contribution in [0.5, 0.6) is 0 Å². The summed E-state index contributed by atoms with van der Waals surface area (Å²) < 4.78 is 19.7. The number of aliphatic imine (C=N–C) groups is 1. The average molecular weight is 355 g/mol. The highest BCUT2D eigenvalue weighted by atomic mass is 32.2. The molecule has 0 unspecified atom stereocenters. The number of allylic oxidation sites excluding steroid dienone is 2. The molecule has 0 aromatic carbocycles. The van der Waals surface area contributed by atoms with Crippen molar-refractivity contribution in [3.8, 4) is 0 Å². The summed E-state index contributed by atoms with van der Waals surface area (Å²) in [5, 5.41) is 13.7. The van der Waals surface area contributed by atoms with Gasteiger partial charge in [-0.05, 0) is 44.9 Å². The van der Waals surface area contributed by atoms with E-state index in [4.69, 9.17) is 4.74 Å². The zero-order valence-corrected chi connectivity index (χ0v) is 14.1. The first-order valence-corrected chi connectivity index (χ1v) is 8.24. The topological polar surface area (TPSA) is 59.6 Å². The molecule has 0 bridgehead atoms. The molecule has 0 atom stereocenters. The van der Waals surface area contributed by atoms with Crippen LogP contribution in [0.4, 0.5) is 3.89 Å². The van der Waals surface area contributed by atoms with Gasteiger partial charge in [0.05, 0.1) is 30.2 Å². The van der Waals surface area contributed by atoms with Crippen LogP contribution in [0, 0.1) is 6.92 Å². The molecule has 5 nitrogen and oxygen atoms in total. The minimum atomic E-state index is -0.212. The first-order chi connectivity index (χ1) is 11.1. The number of ether oxygens (including phenoxy) is 1. The molecular formula is C17H26FN3O2S. The molecule has 2 rings (SSSR count). The molecule has 1 heterocycles. The number of aryl methyl sites for hydroxylation is 1. The smallest absolute Gasteiger partial charge is 0.187 e. The van der Waals surface area contributed by atoms with Gasteiger partial charge >= 0.3 is 0 Å². The van der Waals surface area contributed by atoms with Gasteiger partial charge in [-0.25, -0.2) is 0 Å². The number of rotatable bonds is 7. The van der Waals surface area contributed by atoms with Crippen LogP contribution in [0.15, 0.2) is 29.5 Å². The minimum absolute atomic E-state index is 0. The van der Waals surface area contributed by atoms with Gasteiger partial charge in [0, 0.05) is 11.8 Å². The Morgan fingerprint density at radius 3 is 2.71 bits per heavy atom. The lowest BCUT2D eigenvalue weighted by molar-refractivity contribution is 0.00649. The summed E-state index contributed by atoms with van der Waals surface area (Å²) in [4.78, 5) is 4.05. The van der Waals surface area contributed by atoms with Gasteiger partial charge in [0.15, 0.2) is 12.3 Å². The molecule has 1 N–H and O–H groups in total. The van der Waals surface area contributed by atoms with E-state index >= 15 is 0 Å². The first kappa shape index (κ1) is 20.6. The fraction of sp³-hybridized carbons (Fsp3) is 0.529. The molecule has 1 aromatic heterocycles. The number of hydrogen-bond donors (Lipinski definition) is 1. The van der Waals surface area contributed by atoms with E-state index in [0.717, 1.165) is 35.3 Å². The standard InChI is InChI=1S/C16H22FN3O2S.CH4/c1-4-14(16-11(2)9-20(19-16)23-17)15(18-3)10-22-13-7-5-12(21)6-8-13;/h4,9,12-13,21H,1,3,5-8,10H2,2H3;1H4/b15-14+;. The monoisotopic (exact) mass is 355 g/mol. The van der Waals surface area contributed by atoms with Gasteiger partial charge in [-0.2, -0.15) is 9.19 Å². The van der Waals surface area contributed by atoms with Crippen LogP contribution in [0.1, 0.15) is 44.4 Å². The second kappa shape index (κ2) is 9.76. The van der Waals surface area contributed by atoms with E-state index in [0.29, 0.717) is 23.6 Å². The first-order valence-electron chi connectivity index (χ1n) is 7.56. The molecule has 1 saturated carbocycles. The number of hydrogen-bond acceptors (Lipinski definition) is 5. The second-order valence-electron chi connectivity index (χ2n) is 5.60. The van der Waals surface area contributed by atoms with Crippen molar-refractivity contribution < 1.29 is 13.7 Å². The van der Waals surface area contributed by atoms with Gasteiger partial charge in [-0.3, -0.25) is 4.99 Å². The Labute approximate surface area is 147 Å². The molecule has 1 aromatic rings. The van der Waals surface area contributed by atoms with E-state index in [1.165, 1.54) is 0 Å². The molecule has 0 radical (unpaired) electrons. The molecule has 0 aliphatic heterocycles. The van der Waals surface area contributed by atoms with E-state index < -0.39 is 0 Å². The van der Waals surface area contributed by atoms with E-state index in [9.17, 15) is 8.99 Å². The third-order valence-electron chi connectivity index (χ3n) is 4.01. The lowest BCUT2D eigenvalue weighted by Crippen LogP contribution is -2.25. The maximum Gasteiger partial charge on any atom is 0.187 e. The zero-order chi connectivity index (χ0) is 16.8. The van der Waals surface area contributed by atoms with Gasteiger partial charge in [0.25, 0.3) is 0 Å². The molecule has 7 heteroatoms. The predicted molar refractivity (Wildman–Crippen MR) is 98.7 cm³/mol. The molecule has 1 aliphatic carbocycles. The summed E-state index contributed by atoms with van der Waals surface area (Å²) in [6.07, 6.45) is 6.33. The SMILES string of the molecule is C.C=C/C(=C(/COC1CCC(O)CC1)N=C)c1nn(SF)cc1C. The number of aliphatic hydroxyl groups is 1. The Balaban J connectivity index is 0.00000288. The molecule has 0 amide bonds. The maximum atomic E-state index is 12.7. The largest absolute Gasteiger partial charge is 0.393 e. The molecular weight excluding hydrogens is 329 g/mol. The summed E-state index contributed by atoms with van der Waals surface area (Å²) in [5.74, 6) is 0. The van der Waals surface area contributed by atoms with Crippen LogP contribution >= 0.6 is 12.3 Å². The van der Waals surface area contributed by atoms with Crippen molar-refractivity contribution in [2.45, 2.75) is 52.2 Å². The van der Waals surface area contributed by atoms with E-state index in [1.807, 2.05) is 6.92 Å². The Bertz CT molecular complexity index is 593. The predicted octanol–water partition coefficient (Wildman–Crippen LogP) is 4.13. The highest BCUT2D eigenvalue weighted by Crippen LogP contribution is 2.26. The van der Waals surface area contributed by atoms with E-state index in [1.54, 1.807) is 12.3 Å². The van der Waals surface area contributed by atoms with Gasteiger partial charge in [0.1, 0.15) is 0 Å². The summed E-state index contributed by atoms with van der Waals surface area (Å²) in [6, 6.07) is 0. The fourth-order valence-electron chi connectivity index (χ4n) is 2.70. The van der Waals surface area contributed by atoms with Gasteiger partial charge in [-0.1, -0.05) is 20.1 Å². The van der Waals surface area contributed by atoms with Gasteiger partial charge in [0.2, 0.25) is 0 Å². The molecule has 134 valence electrons. The number of halogens is 1. The van der Waals surface area contributed by atoms with Crippen LogP contribution < -0.4 is 0 Å². The fourth-order valence-corrected chi connectivity index (χ4v) is 3.01. The van der Waals surface area contributed by atoms with E-state index in [-0.39, 0.29) is 32.0 Å². The number of aromatic nitrogens is 2. The van der Waals surface area contributed by atoms with Crippen LogP contribution in [0.2, 0.25) is 0 Å². The lowest BCUT2D eigenvalue weighted by atomic mass is 9.95. The molecule has 1 aliphatic rings. The molecule has 24 heavy (non-hydrogen) atoms. The summed E-state index contributed by atoms with van der Waals surface area (Å²) in [7, 11) is 0. The molecule has 0 spiro atoms. The summed E-state index contributed by atoms with van der Waals surface area (Å²) in [6.45, 7) is 9.54. The third-order valence-corrected chi connectivity index (χ3v) is 4.34. The summed E-state index contributed by atoms with van der Waals surface area (Å²) >= 11 is 0.0348. The van der Waals surface area contributed by atoms with Gasteiger partial charge < -0.3 is 9.84 Å². The Morgan fingerprint density at radius 2 is 2.21 bits per heavy atom. The van der Waals surface area contributed by atoms with Crippen molar-refractivity contribution in [1.82, 2.24) is 9.19 Å². The van der Waals surface area contributed by atoms with Crippen molar-refractivity contribution >= 4 is 24.6 Å². The highest BCUT2D eigenvalue weighted by Gasteiger charge is 2.21. The lowest BCUT2D eigenvalue weighted by Gasteiger charge is -2.25. The van der Waals surface area contributed by atoms with Crippen molar-refractivity contribution in [3.05, 3.63) is 35.8 Å². The molecule has 1 fully saturated rings. The van der Waals surface area contributed by atoms with Crippen molar-refractivity contribution in [1.29, 1.82) is 0 Å². The second-order valence-corrected chi connectivity index (χ2v) is 6.11. The Morgan fingerprint density at radius 1 is 1.54 bits per heavy atom. The summed E-state index contributed by atoms with van der Waals surface area (Å²) in [5.41, 5.74) is 2.77. The highest BCUT2D eigenvalue weighted by molar-refractivity contribution is 7.92. The minimum Gasteiger partial charge on any atom is -0.393 e. The van der Waals surface area contributed by atoms with Crippen LogP contribution in [0.25, 0.3) is 5.57 Å². The Hall–Kier alpha value is -1.44. The quantitative estimate of drug-likeness (QED) is 0.590. The van der Waals surface area contributed by atoms with Crippen LogP contribution in [-0.2, 0) is 4.74 Å². The molecule has 0 saturated heterocycles. The van der Waals surface area contributed by atoms with Crippen LogP contribution in [-0.4, -0.2) is 39.8 Å².